The Morgan fingerprint density at radius 3 is 2.55 bits per heavy atom. The van der Waals surface area contributed by atoms with Gasteiger partial charge in [-0.3, -0.25) is 0 Å². The SMILES string of the molecule is COCCCN(C)c1ccc(CNC(C)(C)C)cc1F. The van der Waals surface area contributed by atoms with Crippen molar-refractivity contribution in [3.05, 3.63) is 29.6 Å². The summed E-state index contributed by atoms with van der Waals surface area (Å²) in [5.74, 6) is -0.168. The summed E-state index contributed by atoms with van der Waals surface area (Å²) in [5, 5.41) is 3.36. The molecule has 0 radical (unpaired) electrons. The highest BCUT2D eigenvalue weighted by Crippen LogP contribution is 2.20. The lowest BCUT2D eigenvalue weighted by atomic mass is 10.1. The molecule has 20 heavy (non-hydrogen) atoms. The first-order chi connectivity index (χ1) is 9.33. The lowest BCUT2D eigenvalue weighted by molar-refractivity contribution is 0.196. The fourth-order valence-electron chi connectivity index (χ4n) is 1.90. The van der Waals surface area contributed by atoms with Gasteiger partial charge >= 0.3 is 0 Å². The van der Waals surface area contributed by atoms with Gasteiger partial charge in [0.05, 0.1) is 5.69 Å². The Kier molecular flexibility index (Phi) is 6.43. The second-order valence-electron chi connectivity index (χ2n) is 6.16. The van der Waals surface area contributed by atoms with E-state index in [1.807, 2.05) is 24.1 Å². The molecule has 0 unspecified atom stereocenters. The molecule has 0 saturated carbocycles. The largest absolute Gasteiger partial charge is 0.385 e. The Balaban J connectivity index is 2.63. The van der Waals surface area contributed by atoms with Crippen molar-refractivity contribution in [2.45, 2.75) is 39.3 Å². The molecule has 0 aliphatic heterocycles. The fraction of sp³-hybridized carbons (Fsp3) is 0.625. The van der Waals surface area contributed by atoms with Crippen molar-refractivity contribution in [1.29, 1.82) is 0 Å². The minimum atomic E-state index is -0.168. The lowest BCUT2D eigenvalue weighted by Crippen LogP contribution is -2.35. The van der Waals surface area contributed by atoms with Gasteiger partial charge in [0.15, 0.2) is 0 Å². The van der Waals surface area contributed by atoms with Gasteiger partial charge in [-0.1, -0.05) is 6.07 Å². The quantitative estimate of drug-likeness (QED) is 0.777. The van der Waals surface area contributed by atoms with E-state index >= 15 is 0 Å². The van der Waals surface area contributed by atoms with Gasteiger partial charge in [0.2, 0.25) is 0 Å². The van der Waals surface area contributed by atoms with Crippen LogP contribution in [0.15, 0.2) is 18.2 Å². The summed E-state index contributed by atoms with van der Waals surface area (Å²) in [7, 11) is 3.58. The Labute approximate surface area is 122 Å². The molecule has 3 nitrogen and oxygen atoms in total. The molecule has 1 N–H and O–H groups in total. The van der Waals surface area contributed by atoms with Crippen molar-refractivity contribution < 1.29 is 9.13 Å². The summed E-state index contributed by atoms with van der Waals surface area (Å²) in [6.07, 6.45) is 0.889. The van der Waals surface area contributed by atoms with Gasteiger partial charge in [0, 0.05) is 39.4 Å². The van der Waals surface area contributed by atoms with Gasteiger partial charge in [-0.2, -0.15) is 0 Å². The highest BCUT2D eigenvalue weighted by molar-refractivity contribution is 5.48. The molecule has 1 aromatic carbocycles. The molecule has 0 fully saturated rings. The number of anilines is 1. The van der Waals surface area contributed by atoms with Gasteiger partial charge in [-0.25, -0.2) is 4.39 Å². The van der Waals surface area contributed by atoms with Crippen LogP contribution in [0.5, 0.6) is 0 Å². The van der Waals surface area contributed by atoms with E-state index in [0.717, 1.165) is 18.5 Å². The maximum Gasteiger partial charge on any atom is 0.146 e. The molecule has 1 aromatic rings. The number of nitrogens with zero attached hydrogens (tertiary/aromatic N) is 1. The van der Waals surface area contributed by atoms with Crippen LogP contribution < -0.4 is 10.2 Å². The van der Waals surface area contributed by atoms with Gasteiger partial charge in [-0.05, 0) is 44.9 Å². The van der Waals surface area contributed by atoms with E-state index in [4.69, 9.17) is 4.74 Å². The number of ether oxygens (including phenoxy) is 1. The van der Waals surface area contributed by atoms with Crippen molar-refractivity contribution in [3.63, 3.8) is 0 Å². The molecule has 0 spiro atoms. The van der Waals surface area contributed by atoms with Gasteiger partial charge < -0.3 is 15.0 Å². The highest BCUT2D eigenvalue weighted by atomic mass is 19.1. The van der Waals surface area contributed by atoms with E-state index in [1.165, 1.54) is 0 Å². The molecule has 0 saturated heterocycles. The molecule has 0 aliphatic carbocycles. The summed E-state index contributed by atoms with van der Waals surface area (Å²) in [5.41, 5.74) is 1.64. The molecular weight excluding hydrogens is 255 g/mol. The van der Waals surface area contributed by atoms with Crippen LogP contribution in [-0.4, -0.2) is 32.8 Å². The molecule has 0 bridgehead atoms. The standard InChI is InChI=1S/C16H27FN2O/c1-16(2,3)18-12-13-7-8-15(14(17)11-13)19(4)9-6-10-20-5/h7-8,11,18H,6,9-10,12H2,1-5H3. The topological polar surface area (TPSA) is 24.5 Å². The van der Waals surface area contributed by atoms with Crippen molar-refractivity contribution in [3.8, 4) is 0 Å². The van der Waals surface area contributed by atoms with E-state index in [9.17, 15) is 4.39 Å². The first-order valence-corrected chi connectivity index (χ1v) is 7.07. The number of nitrogens with one attached hydrogen (secondary N) is 1. The summed E-state index contributed by atoms with van der Waals surface area (Å²) in [6.45, 7) is 8.45. The Morgan fingerprint density at radius 2 is 2.00 bits per heavy atom. The third kappa shape index (κ3) is 5.88. The van der Waals surface area contributed by atoms with Crippen LogP contribution in [-0.2, 0) is 11.3 Å². The molecule has 0 atom stereocenters. The van der Waals surface area contributed by atoms with E-state index in [0.29, 0.717) is 18.8 Å². The number of hydrogen-bond donors (Lipinski definition) is 1. The number of hydrogen-bond acceptors (Lipinski definition) is 3. The maximum absolute atomic E-state index is 14.1. The molecule has 4 heteroatoms. The maximum atomic E-state index is 14.1. The minimum absolute atomic E-state index is 0.0338. The molecule has 1 rings (SSSR count). The summed E-state index contributed by atoms with van der Waals surface area (Å²) < 4.78 is 19.1. The zero-order valence-corrected chi connectivity index (χ0v) is 13.3. The number of rotatable bonds is 7. The van der Waals surface area contributed by atoms with Crippen LogP contribution in [0, 0.1) is 5.82 Å². The third-order valence-corrected chi connectivity index (χ3v) is 3.09. The van der Waals surface area contributed by atoms with Gasteiger partial charge in [0.25, 0.3) is 0 Å². The summed E-state index contributed by atoms with van der Waals surface area (Å²) in [4.78, 5) is 1.93. The third-order valence-electron chi connectivity index (χ3n) is 3.09. The first kappa shape index (κ1) is 16.9. The van der Waals surface area contributed by atoms with Crippen molar-refractivity contribution >= 4 is 5.69 Å². The normalized spacial score (nSPS) is 11.7. The first-order valence-electron chi connectivity index (χ1n) is 7.07. The lowest BCUT2D eigenvalue weighted by Gasteiger charge is -2.22. The Bertz CT molecular complexity index is 415. The molecule has 0 aliphatic rings. The van der Waals surface area contributed by atoms with E-state index in [2.05, 4.69) is 26.1 Å². The number of benzene rings is 1. The molecule has 0 aromatic heterocycles. The smallest absolute Gasteiger partial charge is 0.146 e. The predicted molar refractivity (Wildman–Crippen MR) is 82.8 cm³/mol. The van der Waals surface area contributed by atoms with Crippen LogP contribution >= 0.6 is 0 Å². The van der Waals surface area contributed by atoms with E-state index in [1.54, 1.807) is 13.2 Å². The van der Waals surface area contributed by atoms with Crippen LogP contribution in [0.3, 0.4) is 0 Å². The average Bonchev–Trinajstić information content (AvgIpc) is 2.35. The van der Waals surface area contributed by atoms with Gasteiger partial charge in [-0.15, -0.1) is 0 Å². The minimum Gasteiger partial charge on any atom is -0.385 e. The van der Waals surface area contributed by atoms with Crippen molar-refractivity contribution in [2.24, 2.45) is 0 Å². The Hall–Kier alpha value is -1.13. The van der Waals surface area contributed by atoms with Crippen LogP contribution in [0.4, 0.5) is 10.1 Å². The van der Waals surface area contributed by atoms with Crippen molar-refractivity contribution in [2.75, 3.05) is 32.2 Å². The van der Waals surface area contributed by atoms with Crippen LogP contribution in [0.1, 0.15) is 32.8 Å². The van der Waals surface area contributed by atoms with Crippen molar-refractivity contribution in [1.82, 2.24) is 5.32 Å². The molecule has 114 valence electrons. The summed E-state index contributed by atoms with van der Waals surface area (Å²) >= 11 is 0. The number of methoxy groups -OCH3 is 1. The number of halogens is 1. The second kappa shape index (κ2) is 7.60. The van der Waals surface area contributed by atoms with E-state index < -0.39 is 0 Å². The predicted octanol–water partition coefficient (Wildman–Crippen LogP) is 3.19. The van der Waals surface area contributed by atoms with E-state index in [-0.39, 0.29) is 11.4 Å². The summed E-state index contributed by atoms with van der Waals surface area (Å²) in [6, 6.07) is 5.44. The average molecular weight is 282 g/mol. The highest BCUT2D eigenvalue weighted by Gasteiger charge is 2.11. The zero-order valence-electron chi connectivity index (χ0n) is 13.3. The Morgan fingerprint density at radius 1 is 1.30 bits per heavy atom. The second-order valence-corrected chi connectivity index (χ2v) is 6.16. The van der Waals surface area contributed by atoms with Gasteiger partial charge in [0.1, 0.15) is 5.82 Å². The monoisotopic (exact) mass is 282 g/mol. The van der Waals surface area contributed by atoms with Crippen LogP contribution in [0.2, 0.25) is 0 Å². The molecule has 0 amide bonds. The van der Waals surface area contributed by atoms with Crippen LogP contribution in [0.25, 0.3) is 0 Å². The fourth-order valence-corrected chi connectivity index (χ4v) is 1.90. The molecular formula is C16H27FN2O. The molecule has 0 heterocycles. The zero-order chi connectivity index (χ0) is 15.2.